The van der Waals surface area contributed by atoms with Crippen LogP contribution in [0.25, 0.3) is 0 Å². The monoisotopic (exact) mass is 264 g/mol. The molecule has 2 N–H and O–H groups in total. The second kappa shape index (κ2) is 5.32. The van der Waals surface area contributed by atoms with Crippen molar-refractivity contribution in [2.75, 3.05) is 18.0 Å². The smallest absolute Gasteiger partial charge is 0.142 e. The number of nitriles is 1. The highest BCUT2D eigenvalue weighted by molar-refractivity contribution is 5.69. The van der Waals surface area contributed by atoms with E-state index in [1.54, 1.807) is 6.07 Å². The van der Waals surface area contributed by atoms with E-state index in [1.165, 1.54) is 11.3 Å². The number of hydrogen-bond donors (Lipinski definition) is 1. The molecular weight excluding hydrogens is 248 g/mol. The third-order valence-electron chi connectivity index (χ3n) is 3.71. The molecule has 1 aliphatic heterocycles. The van der Waals surface area contributed by atoms with Gasteiger partial charge < -0.3 is 10.6 Å². The summed E-state index contributed by atoms with van der Waals surface area (Å²) < 4.78 is 0. The van der Waals surface area contributed by atoms with Gasteiger partial charge in [-0.05, 0) is 36.7 Å². The van der Waals surface area contributed by atoms with Crippen LogP contribution >= 0.6 is 0 Å². The van der Waals surface area contributed by atoms with Gasteiger partial charge in [0.2, 0.25) is 0 Å². The summed E-state index contributed by atoms with van der Waals surface area (Å²) in [7, 11) is 0. The van der Waals surface area contributed by atoms with Crippen molar-refractivity contribution in [3.8, 4) is 6.07 Å². The van der Waals surface area contributed by atoms with Crippen LogP contribution in [0.15, 0.2) is 42.5 Å². The predicted octanol–water partition coefficient (Wildman–Crippen LogP) is 2.54. The predicted molar refractivity (Wildman–Crippen MR) is 78.8 cm³/mol. The number of benzene rings is 1. The number of rotatable bonds is 3. The highest BCUT2D eigenvalue weighted by atomic mass is 15.2. The first-order valence-corrected chi connectivity index (χ1v) is 6.77. The van der Waals surface area contributed by atoms with Crippen molar-refractivity contribution in [2.24, 2.45) is 5.73 Å². The maximum atomic E-state index is 8.99. The highest BCUT2D eigenvalue weighted by Gasteiger charge is 2.29. The zero-order valence-corrected chi connectivity index (χ0v) is 11.2. The number of anilines is 2. The molecule has 2 aromatic rings. The Morgan fingerprint density at radius 2 is 2.10 bits per heavy atom. The number of nitrogens with two attached hydrogens (primary N) is 1. The molecule has 0 aliphatic carbocycles. The molecule has 0 amide bonds. The Labute approximate surface area is 118 Å². The first kappa shape index (κ1) is 12.6. The van der Waals surface area contributed by atoms with E-state index in [-0.39, 0.29) is 0 Å². The van der Waals surface area contributed by atoms with Gasteiger partial charge in [-0.2, -0.15) is 5.26 Å². The molecule has 0 saturated carbocycles. The number of hydrogen-bond acceptors (Lipinski definition) is 4. The lowest BCUT2D eigenvalue weighted by Crippen LogP contribution is -2.18. The summed E-state index contributed by atoms with van der Waals surface area (Å²) >= 11 is 0. The molecule has 1 aromatic carbocycles. The van der Waals surface area contributed by atoms with Gasteiger partial charge in [0.15, 0.2) is 0 Å². The van der Waals surface area contributed by atoms with Crippen molar-refractivity contribution in [1.82, 2.24) is 4.98 Å². The van der Waals surface area contributed by atoms with Crippen molar-refractivity contribution in [2.45, 2.75) is 12.3 Å². The van der Waals surface area contributed by atoms with E-state index in [1.807, 2.05) is 18.2 Å². The van der Waals surface area contributed by atoms with E-state index in [2.05, 4.69) is 34.2 Å². The number of nitrogens with zero attached hydrogens (tertiary/aromatic N) is 3. The van der Waals surface area contributed by atoms with Gasteiger partial charge in [-0.25, -0.2) is 4.98 Å². The maximum Gasteiger partial charge on any atom is 0.142 e. The van der Waals surface area contributed by atoms with Crippen LogP contribution in [0, 0.1) is 11.3 Å². The lowest BCUT2D eigenvalue weighted by Gasteiger charge is -2.18. The lowest BCUT2D eigenvalue weighted by molar-refractivity contribution is 0.667. The molecule has 0 bridgehead atoms. The van der Waals surface area contributed by atoms with Gasteiger partial charge in [0.25, 0.3) is 0 Å². The summed E-state index contributed by atoms with van der Waals surface area (Å²) in [6.45, 7) is 1.55. The minimum Gasteiger partial charge on any atom is -0.330 e. The van der Waals surface area contributed by atoms with Crippen LogP contribution in [0.4, 0.5) is 11.5 Å². The molecule has 4 heteroatoms. The molecule has 0 saturated heterocycles. The molecule has 0 radical (unpaired) electrons. The number of pyridine rings is 1. The van der Waals surface area contributed by atoms with E-state index in [0.29, 0.717) is 18.2 Å². The minimum absolute atomic E-state index is 0.434. The van der Waals surface area contributed by atoms with Crippen LogP contribution in [-0.2, 0) is 0 Å². The van der Waals surface area contributed by atoms with Gasteiger partial charge in [0.05, 0.1) is 0 Å². The average molecular weight is 264 g/mol. The summed E-state index contributed by atoms with van der Waals surface area (Å²) in [5.41, 5.74) is 8.66. The van der Waals surface area contributed by atoms with Gasteiger partial charge in [0, 0.05) is 18.2 Å². The molecule has 20 heavy (non-hydrogen) atoms. The summed E-state index contributed by atoms with van der Waals surface area (Å²) in [4.78, 5) is 6.58. The molecule has 4 nitrogen and oxygen atoms in total. The standard InChI is InChI=1S/C16H16N4/c17-9-8-12-11-20(15-6-2-1-5-14(12)15)16-7-3-4-13(10-18)19-16/h1-7,12H,8-9,11,17H2. The highest BCUT2D eigenvalue weighted by Crippen LogP contribution is 2.41. The Morgan fingerprint density at radius 1 is 1.25 bits per heavy atom. The van der Waals surface area contributed by atoms with Gasteiger partial charge in [-0.15, -0.1) is 0 Å². The zero-order chi connectivity index (χ0) is 13.9. The number of aromatic nitrogens is 1. The molecule has 0 fully saturated rings. The third kappa shape index (κ3) is 2.13. The average Bonchev–Trinajstić information content (AvgIpc) is 2.87. The summed E-state index contributed by atoms with van der Waals surface area (Å²) in [5, 5.41) is 8.99. The minimum atomic E-state index is 0.434. The molecule has 3 rings (SSSR count). The van der Waals surface area contributed by atoms with Crippen LogP contribution in [0.1, 0.15) is 23.6 Å². The van der Waals surface area contributed by atoms with E-state index < -0.39 is 0 Å². The Kier molecular flexibility index (Phi) is 3.36. The number of para-hydroxylation sites is 1. The second-order valence-corrected chi connectivity index (χ2v) is 4.94. The van der Waals surface area contributed by atoms with E-state index in [0.717, 1.165) is 18.8 Å². The van der Waals surface area contributed by atoms with Crippen molar-refractivity contribution in [3.63, 3.8) is 0 Å². The molecule has 100 valence electrons. The SMILES string of the molecule is N#Cc1cccc(N2CC(CCN)c3ccccc32)n1. The van der Waals surface area contributed by atoms with Crippen molar-refractivity contribution < 1.29 is 0 Å². The quantitative estimate of drug-likeness (QED) is 0.925. The van der Waals surface area contributed by atoms with E-state index >= 15 is 0 Å². The summed E-state index contributed by atoms with van der Waals surface area (Å²) in [6.07, 6.45) is 0.964. The fraction of sp³-hybridized carbons (Fsp3) is 0.250. The molecule has 1 aliphatic rings. The van der Waals surface area contributed by atoms with Crippen molar-refractivity contribution in [3.05, 3.63) is 53.7 Å². The van der Waals surface area contributed by atoms with Crippen LogP contribution in [-0.4, -0.2) is 18.1 Å². The Morgan fingerprint density at radius 3 is 2.90 bits per heavy atom. The van der Waals surface area contributed by atoms with Crippen molar-refractivity contribution in [1.29, 1.82) is 5.26 Å². The topological polar surface area (TPSA) is 65.9 Å². The summed E-state index contributed by atoms with van der Waals surface area (Å²) in [6, 6.07) is 16.0. The largest absolute Gasteiger partial charge is 0.330 e. The van der Waals surface area contributed by atoms with Gasteiger partial charge in [0.1, 0.15) is 17.6 Å². The zero-order valence-electron chi connectivity index (χ0n) is 11.2. The van der Waals surface area contributed by atoms with Gasteiger partial charge in [-0.3, -0.25) is 0 Å². The first-order valence-electron chi connectivity index (χ1n) is 6.77. The number of fused-ring (bicyclic) bond motifs is 1. The molecule has 1 aromatic heterocycles. The molecule has 1 atom stereocenters. The van der Waals surface area contributed by atoms with Crippen LogP contribution in [0.5, 0.6) is 0 Å². The molecule has 0 spiro atoms. The van der Waals surface area contributed by atoms with Crippen LogP contribution in [0.3, 0.4) is 0 Å². The maximum absolute atomic E-state index is 8.99. The van der Waals surface area contributed by atoms with E-state index in [9.17, 15) is 0 Å². The second-order valence-electron chi connectivity index (χ2n) is 4.94. The summed E-state index contributed by atoms with van der Waals surface area (Å²) in [5.74, 6) is 1.26. The Balaban J connectivity index is 2.01. The van der Waals surface area contributed by atoms with Crippen molar-refractivity contribution >= 4 is 11.5 Å². The van der Waals surface area contributed by atoms with Gasteiger partial charge >= 0.3 is 0 Å². The van der Waals surface area contributed by atoms with E-state index in [4.69, 9.17) is 11.0 Å². The fourth-order valence-corrected chi connectivity index (χ4v) is 2.80. The first-order chi connectivity index (χ1) is 9.83. The fourth-order valence-electron chi connectivity index (χ4n) is 2.80. The van der Waals surface area contributed by atoms with Crippen LogP contribution < -0.4 is 10.6 Å². The third-order valence-corrected chi connectivity index (χ3v) is 3.71. The van der Waals surface area contributed by atoms with Gasteiger partial charge in [-0.1, -0.05) is 24.3 Å². The molecular formula is C16H16N4. The molecule has 2 heterocycles. The Bertz CT molecular complexity index is 660. The molecule has 1 unspecified atom stereocenters. The van der Waals surface area contributed by atoms with Crippen LogP contribution in [0.2, 0.25) is 0 Å². The normalized spacial score (nSPS) is 16.8. The Hall–Kier alpha value is -2.38. The lowest BCUT2D eigenvalue weighted by atomic mass is 9.98.